The molecular weight excluding hydrogens is 386 g/mol. The van der Waals surface area contributed by atoms with Crippen molar-refractivity contribution in [2.45, 2.75) is 52.7 Å². The van der Waals surface area contributed by atoms with Crippen molar-refractivity contribution in [2.75, 3.05) is 0 Å². The molecule has 1 aromatic carbocycles. The zero-order valence-electron chi connectivity index (χ0n) is 18.5. The summed E-state index contributed by atoms with van der Waals surface area (Å²) in [6.45, 7) is 10.3. The molecule has 0 bridgehead atoms. The van der Waals surface area contributed by atoms with Crippen LogP contribution < -0.4 is 0 Å². The number of rotatable bonds is 4. The van der Waals surface area contributed by atoms with Crippen LogP contribution in [0.15, 0.2) is 52.1 Å². The van der Waals surface area contributed by atoms with E-state index in [0.29, 0.717) is 0 Å². The number of dihydropyridines is 1. The van der Waals surface area contributed by atoms with Crippen LogP contribution in [0.4, 0.5) is 0 Å². The predicted octanol–water partition coefficient (Wildman–Crippen LogP) is 4.95. The maximum atomic E-state index is 5.42. The molecule has 0 saturated heterocycles. The Bertz CT molecular complexity index is 1180. The highest BCUT2D eigenvalue weighted by Crippen LogP contribution is 2.42. The first-order valence-electron chi connectivity index (χ1n) is 10.7. The molecule has 4 heterocycles. The highest BCUT2D eigenvalue weighted by atomic mass is 16.5. The number of aromatic amines is 1. The van der Waals surface area contributed by atoms with Crippen molar-refractivity contribution in [3.05, 3.63) is 82.1 Å². The molecule has 3 unspecified atom stereocenters. The number of hydrogen-bond donors (Lipinski definition) is 1. The molecule has 0 spiro atoms. The normalized spacial score (nSPS) is 21.1. The number of aryl methyl sites for hydroxylation is 4. The number of nitrogens with zero attached hydrogens (tertiary/aromatic N) is 4. The first-order valence-corrected chi connectivity index (χ1v) is 10.7. The summed E-state index contributed by atoms with van der Waals surface area (Å²) in [5, 5.41) is 11.7. The molecular formula is C25H27N5O. The van der Waals surface area contributed by atoms with Crippen molar-refractivity contribution >= 4 is 17.4 Å². The molecule has 158 valence electrons. The zero-order chi connectivity index (χ0) is 21.7. The smallest absolute Gasteiger partial charge is 0.141 e. The van der Waals surface area contributed by atoms with Crippen LogP contribution in [0.25, 0.3) is 11.1 Å². The summed E-state index contributed by atoms with van der Waals surface area (Å²) in [7, 11) is 0. The van der Waals surface area contributed by atoms with Crippen molar-refractivity contribution < 1.29 is 4.52 Å². The van der Waals surface area contributed by atoms with Gasteiger partial charge in [-0.3, -0.25) is 10.1 Å². The van der Waals surface area contributed by atoms with Crippen LogP contribution in [0, 0.1) is 27.7 Å². The van der Waals surface area contributed by atoms with Crippen LogP contribution in [0.5, 0.6) is 0 Å². The molecule has 2 aromatic heterocycles. The summed E-state index contributed by atoms with van der Waals surface area (Å²) in [5.74, 6) is 0.823. The third-order valence-corrected chi connectivity index (χ3v) is 6.47. The quantitative estimate of drug-likeness (QED) is 0.657. The topological polar surface area (TPSA) is 70.3 Å². The third kappa shape index (κ3) is 3.14. The second kappa shape index (κ2) is 7.38. The monoisotopic (exact) mass is 413 g/mol. The Morgan fingerprint density at radius 3 is 2.45 bits per heavy atom. The number of benzene rings is 1. The second-order valence-electron chi connectivity index (χ2n) is 8.46. The van der Waals surface area contributed by atoms with Crippen LogP contribution in [0.1, 0.15) is 52.5 Å². The average molecular weight is 414 g/mol. The van der Waals surface area contributed by atoms with Gasteiger partial charge in [0.25, 0.3) is 0 Å². The molecule has 0 radical (unpaired) electrons. The van der Waals surface area contributed by atoms with E-state index in [4.69, 9.17) is 9.52 Å². The minimum absolute atomic E-state index is 0.0189. The Morgan fingerprint density at radius 2 is 1.81 bits per heavy atom. The third-order valence-electron chi connectivity index (χ3n) is 6.47. The summed E-state index contributed by atoms with van der Waals surface area (Å²) in [5.41, 5.74) is 8.74. The molecule has 1 N–H and O–H groups in total. The summed E-state index contributed by atoms with van der Waals surface area (Å²) in [6.07, 6.45) is 6.57. The van der Waals surface area contributed by atoms with Crippen molar-refractivity contribution in [1.82, 2.24) is 20.3 Å². The Morgan fingerprint density at radius 1 is 1.03 bits per heavy atom. The van der Waals surface area contributed by atoms with Gasteiger partial charge in [-0.05, 0) is 40.2 Å². The summed E-state index contributed by atoms with van der Waals surface area (Å²) >= 11 is 0. The van der Waals surface area contributed by atoms with Gasteiger partial charge >= 0.3 is 0 Å². The molecule has 6 heteroatoms. The van der Waals surface area contributed by atoms with E-state index in [2.05, 4.69) is 83.6 Å². The van der Waals surface area contributed by atoms with Gasteiger partial charge < -0.3 is 9.42 Å². The van der Waals surface area contributed by atoms with Crippen molar-refractivity contribution in [3.63, 3.8) is 0 Å². The molecule has 0 aliphatic carbocycles. The van der Waals surface area contributed by atoms with E-state index in [-0.39, 0.29) is 18.1 Å². The van der Waals surface area contributed by atoms with Crippen molar-refractivity contribution in [3.8, 4) is 0 Å². The number of allylic oxidation sites excluding steroid dienone is 1. The molecule has 3 atom stereocenters. The molecule has 2 aliphatic rings. The van der Waals surface area contributed by atoms with Crippen LogP contribution in [-0.4, -0.2) is 38.6 Å². The molecule has 0 saturated carbocycles. The Balaban J connectivity index is 1.61. The first-order chi connectivity index (χ1) is 15.0. The lowest BCUT2D eigenvalue weighted by atomic mass is 9.91. The Labute approximate surface area is 182 Å². The highest BCUT2D eigenvalue weighted by molar-refractivity contribution is 6.12. The van der Waals surface area contributed by atoms with E-state index in [1.165, 1.54) is 16.7 Å². The van der Waals surface area contributed by atoms with Crippen LogP contribution in [0.2, 0.25) is 0 Å². The molecule has 31 heavy (non-hydrogen) atoms. The number of aromatic nitrogens is 3. The van der Waals surface area contributed by atoms with E-state index < -0.39 is 0 Å². The van der Waals surface area contributed by atoms with Gasteiger partial charge in [0.05, 0.1) is 23.5 Å². The number of nitrogens with one attached hydrogen (secondary N) is 1. The fraction of sp³-hybridized carbons (Fsp3) is 0.320. The predicted molar refractivity (Wildman–Crippen MR) is 123 cm³/mol. The summed E-state index contributed by atoms with van der Waals surface area (Å²) in [4.78, 5) is 7.47. The molecule has 0 fully saturated rings. The van der Waals surface area contributed by atoms with Gasteiger partial charge in [-0.2, -0.15) is 5.10 Å². The van der Waals surface area contributed by atoms with Gasteiger partial charge in [0.2, 0.25) is 0 Å². The average Bonchev–Trinajstić information content (AvgIpc) is 3.42. The van der Waals surface area contributed by atoms with Gasteiger partial charge in [0.1, 0.15) is 11.8 Å². The maximum Gasteiger partial charge on any atom is 0.141 e. The van der Waals surface area contributed by atoms with Gasteiger partial charge in [0.15, 0.2) is 0 Å². The molecule has 3 aromatic rings. The van der Waals surface area contributed by atoms with E-state index in [0.717, 1.165) is 34.0 Å². The minimum atomic E-state index is 0.0189. The zero-order valence-corrected chi connectivity index (χ0v) is 18.5. The summed E-state index contributed by atoms with van der Waals surface area (Å²) in [6, 6.07) is 10.9. The molecule has 5 rings (SSSR count). The van der Waals surface area contributed by atoms with E-state index in [1.807, 2.05) is 20.1 Å². The fourth-order valence-electron chi connectivity index (χ4n) is 4.91. The van der Waals surface area contributed by atoms with Gasteiger partial charge in [-0.15, -0.1) is 0 Å². The van der Waals surface area contributed by atoms with Crippen LogP contribution >= 0.6 is 0 Å². The Hall–Kier alpha value is -3.41. The highest BCUT2D eigenvalue weighted by Gasteiger charge is 2.40. The molecule has 0 amide bonds. The van der Waals surface area contributed by atoms with Crippen molar-refractivity contribution in [2.24, 2.45) is 4.99 Å². The van der Waals surface area contributed by atoms with Gasteiger partial charge in [-0.1, -0.05) is 41.6 Å². The SMILES string of the molecule is Cc1n[nH]c(C)c1C1=CN(C(C)c2ccccc2)C2C=C(c3c(C)noc3C)C=NC12. The van der Waals surface area contributed by atoms with E-state index in [1.54, 1.807) is 0 Å². The lowest BCUT2D eigenvalue weighted by Crippen LogP contribution is -2.36. The largest absolute Gasteiger partial charge is 0.361 e. The number of H-pyrrole nitrogens is 1. The number of hydrogen-bond acceptors (Lipinski definition) is 5. The lowest BCUT2D eigenvalue weighted by molar-refractivity contribution is 0.261. The molecule has 6 nitrogen and oxygen atoms in total. The minimum Gasteiger partial charge on any atom is -0.361 e. The van der Waals surface area contributed by atoms with Crippen LogP contribution in [0.3, 0.4) is 0 Å². The first kappa shape index (κ1) is 19.5. The van der Waals surface area contributed by atoms with E-state index in [9.17, 15) is 0 Å². The van der Waals surface area contributed by atoms with E-state index >= 15 is 0 Å². The van der Waals surface area contributed by atoms with Gasteiger partial charge in [-0.25, -0.2) is 0 Å². The van der Waals surface area contributed by atoms with Crippen LogP contribution in [-0.2, 0) is 0 Å². The lowest BCUT2D eigenvalue weighted by Gasteiger charge is -2.34. The maximum absolute atomic E-state index is 5.42. The van der Waals surface area contributed by atoms with Gasteiger partial charge in [0, 0.05) is 40.4 Å². The number of fused-ring (bicyclic) bond motifs is 1. The number of aliphatic imine (C=N–C) groups is 1. The second-order valence-corrected chi connectivity index (χ2v) is 8.46. The Kier molecular flexibility index (Phi) is 4.65. The standard InChI is InChI=1S/C25H27N5O/c1-14-23(15(2)28-27-14)21-13-30(17(4)19-9-7-6-8-10-19)22-11-20(12-26-25(21)22)24-16(3)29-31-18(24)5/h6-13,17,22,25H,1-5H3,(H,27,28). The fourth-order valence-corrected chi connectivity index (χ4v) is 4.91. The summed E-state index contributed by atoms with van der Waals surface area (Å²) < 4.78 is 5.42. The molecule has 2 aliphatic heterocycles. The van der Waals surface area contributed by atoms with Crippen molar-refractivity contribution in [1.29, 1.82) is 0 Å².